The maximum atomic E-state index is 12.4. The molecule has 0 fully saturated rings. The van der Waals surface area contributed by atoms with Crippen molar-refractivity contribution in [3.05, 3.63) is 63.7 Å². The Labute approximate surface area is 162 Å². The summed E-state index contributed by atoms with van der Waals surface area (Å²) in [6, 6.07) is 11.5. The van der Waals surface area contributed by atoms with Crippen LogP contribution in [0, 0.1) is 17.0 Å². The Kier molecular flexibility index (Phi) is 7.25. The minimum Gasteiger partial charge on any atom is -0.494 e. The highest BCUT2D eigenvalue weighted by atomic mass is 32.1. The van der Waals surface area contributed by atoms with Gasteiger partial charge in [-0.3, -0.25) is 20.2 Å². The van der Waals surface area contributed by atoms with E-state index in [9.17, 15) is 14.9 Å². The smallest absolute Gasteiger partial charge is 0.292 e. The van der Waals surface area contributed by atoms with Gasteiger partial charge in [0.15, 0.2) is 5.11 Å². The van der Waals surface area contributed by atoms with Gasteiger partial charge in [-0.05, 0) is 55.4 Å². The van der Waals surface area contributed by atoms with E-state index >= 15 is 0 Å². The standard InChI is InChI=1S/C19H21N3O4S/c1-3-4-10-26-15-7-5-6-14(12-15)18(23)21-19(27)20-16-9-8-13(2)11-17(16)22(24)25/h5-9,11-12H,3-4,10H2,1-2H3,(H2,20,21,23,27). The Balaban J connectivity index is 2.03. The topological polar surface area (TPSA) is 93.5 Å². The van der Waals surface area contributed by atoms with Gasteiger partial charge in [-0.25, -0.2) is 0 Å². The SMILES string of the molecule is CCCCOc1cccc(C(=O)NC(=S)Nc2ccc(C)cc2[N+](=O)[O-])c1. The molecule has 0 aliphatic heterocycles. The van der Waals surface area contributed by atoms with E-state index in [0.717, 1.165) is 18.4 Å². The summed E-state index contributed by atoms with van der Waals surface area (Å²) in [7, 11) is 0. The molecule has 0 aliphatic rings. The summed E-state index contributed by atoms with van der Waals surface area (Å²) in [6.45, 7) is 4.41. The third kappa shape index (κ3) is 6.03. The number of nitrogens with zero attached hydrogens (tertiary/aromatic N) is 1. The fraction of sp³-hybridized carbons (Fsp3) is 0.263. The number of anilines is 1. The molecule has 0 aliphatic carbocycles. The molecule has 142 valence electrons. The number of aryl methyl sites for hydroxylation is 1. The van der Waals surface area contributed by atoms with Crippen molar-refractivity contribution in [1.82, 2.24) is 5.32 Å². The number of hydrogen-bond acceptors (Lipinski definition) is 5. The zero-order valence-electron chi connectivity index (χ0n) is 15.2. The van der Waals surface area contributed by atoms with E-state index in [0.29, 0.717) is 17.9 Å². The van der Waals surface area contributed by atoms with Gasteiger partial charge >= 0.3 is 0 Å². The maximum Gasteiger partial charge on any atom is 0.292 e. The molecule has 0 atom stereocenters. The van der Waals surface area contributed by atoms with Crippen molar-refractivity contribution in [2.45, 2.75) is 26.7 Å². The molecule has 0 saturated carbocycles. The second-order valence-corrected chi connectivity index (χ2v) is 6.32. The van der Waals surface area contributed by atoms with Crippen LogP contribution in [-0.4, -0.2) is 22.5 Å². The molecule has 1 amide bonds. The van der Waals surface area contributed by atoms with Gasteiger partial charge in [0.1, 0.15) is 11.4 Å². The van der Waals surface area contributed by atoms with Crippen LogP contribution in [0.4, 0.5) is 11.4 Å². The molecule has 8 heteroatoms. The van der Waals surface area contributed by atoms with Gasteiger partial charge in [-0.15, -0.1) is 0 Å². The van der Waals surface area contributed by atoms with Crippen molar-refractivity contribution in [1.29, 1.82) is 0 Å². The Morgan fingerprint density at radius 3 is 2.74 bits per heavy atom. The van der Waals surface area contributed by atoms with Gasteiger partial charge in [0.2, 0.25) is 0 Å². The number of unbranched alkanes of at least 4 members (excludes halogenated alkanes) is 1. The number of ether oxygens (including phenoxy) is 1. The van der Waals surface area contributed by atoms with Gasteiger partial charge in [0.05, 0.1) is 11.5 Å². The van der Waals surface area contributed by atoms with Crippen LogP contribution in [0.3, 0.4) is 0 Å². The van der Waals surface area contributed by atoms with Crippen LogP contribution in [0.2, 0.25) is 0 Å². The molecule has 2 aromatic carbocycles. The van der Waals surface area contributed by atoms with Crippen molar-refractivity contribution in [3.63, 3.8) is 0 Å². The van der Waals surface area contributed by atoms with E-state index in [1.165, 1.54) is 6.07 Å². The predicted molar refractivity (Wildman–Crippen MR) is 108 cm³/mol. The van der Waals surface area contributed by atoms with Crippen LogP contribution in [0.1, 0.15) is 35.7 Å². The van der Waals surface area contributed by atoms with Crippen molar-refractivity contribution in [3.8, 4) is 5.75 Å². The number of thiocarbonyl (C=S) groups is 1. The van der Waals surface area contributed by atoms with Crippen LogP contribution in [0.5, 0.6) is 5.75 Å². The summed E-state index contributed by atoms with van der Waals surface area (Å²) in [5, 5.41) is 16.4. The van der Waals surface area contributed by atoms with Gasteiger partial charge in [0, 0.05) is 11.6 Å². The van der Waals surface area contributed by atoms with Crippen molar-refractivity contribution >= 4 is 34.6 Å². The zero-order chi connectivity index (χ0) is 19.8. The summed E-state index contributed by atoms with van der Waals surface area (Å²) < 4.78 is 5.59. The van der Waals surface area contributed by atoms with Gasteiger partial charge in [0.25, 0.3) is 11.6 Å². The molecular formula is C19H21N3O4S. The zero-order valence-corrected chi connectivity index (χ0v) is 16.0. The molecule has 0 radical (unpaired) electrons. The van der Waals surface area contributed by atoms with Crippen LogP contribution < -0.4 is 15.4 Å². The molecule has 0 unspecified atom stereocenters. The number of nitrogens with one attached hydrogen (secondary N) is 2. The first-order valence-electron chi connectivity index (χ1n) is 8.51. The molecule has 0 aromatic heterocycles. The number of rotatable bonds is 7. The number of nitro benzene ring substituents is 1. The molecule has 0 spiro atoms. The van der Waals surface area contributed by atoms with Crippen LogP contribution in [-0.2, 0) is 0 Å². The molecule has 7 nitrogen and oxygen atoms in total. The Morgan fingerprint density at radius 2 is 2.04 bits per heavy atom. The first kappa shape index (κ1) is 20.3. The highest BCUT2D eigenvalue weighted by Crippen LogP contribution is 2.25. The molecule has 0 heterocycles. The average Bonchev–Trinajstić information content (AvgIpc) is 2.63. The largest absolute Gasteiger partial charge is 0.494 e. The van der Waals surface area contributed by atoms with E-state index in [-0.39, 0.29) is 16.5 Å². The number of hydrogen-bond donors (Lipinski definition) is 2. The lowest BCUT2D eigenvalue weighted by Crippen LogP contribution is -2.34. The lowest BCUT2D eigenvalue weighted by molar-refractivity contribution is -0.383. The minimum atomic E-state index is -0.503. The lowest BCUT2D eigenvalue weighted by atomic mass is 10.2. The van der Waals surface area contributed by atoms with Gasteiger partial charge in [-0.2, -0.15) is 0 Å². The quantitative estimate of drug-likeness (QED) is 0.320. The summed E-state index contributed by atoms with van der Waals surface area (Å²) in [6.07, 6.45) is 1.95. The molecule has 27 heavy (non-hydrogen) atoms. The monoisotopic (exact) mass is 387 g/mol. The normalized spacial score (nSPS) is 10.1. The third-order valence-electron chi connectivity index (χ3n) is 3.69. The molecule has 0 bridgehead atoms. The second kappa shape index (κ2) is 9.63. The Morgan fingerprint density at radius 1 is 1.26 bits per heavy atom. The number of nitro groups is 1. The van der Waals surface area contributed by atoms with Crippen LogP contribution >= 0.6 is 12.2 Å². The fourth-order valence-electron chi connectivity index (χ4n) is 2.29. The summed E-state index contributed by atoms with van der Waals surface area (Å²) in [4.78, 5) is 23.0. The number of carbonyl (C=O) groups excluding carboxylic acids is 1. The van der Waals surface area contributed by atoms with Gasteiger partial charge < -0.3 is 10.1 Å². The molecular weight excluding hydrogens is 366 g/mol. The highest BCUT2D eigenvalue weighted by Gasteiger charge is 2.16. The van der Waals surface area contributed by atoms with Gasteiger partial charge in [-0.1, -0.05) is 25.5 Å². The van der Waals surface area contributed by atoms with Crippen molar-refractivity contribution in [2.75, 3.05) is 11.9 Å². The lowest BCUT2D eigenvalue weighted by Gasteiger charge is -2.11. The Hall–Kier alpha value is -3.00. The van der Waals surface area contributed by atoms with E-state index in [4.69, 9.17) is 17.0 Å². The predicted octanol–water partition coefficient (Wildman–Crippen LogP) is 4.21. The summed E-state index contributed by atoms with van der Waals surface area (Å²) in [5.74, 6) is 0.173. The fourth-order valence-corrected chi connectivity index (χ4v) is 2.49. The van der Waals surface area contributed by atoms with E-state index in [1.807, 2.05) is 0 Å². The number of carbonyl (C=O) groups is 1. The number of benzene rings is 2. The van der Waals surface area contributed by atoms with Crippen molar-refractivity contribution < 1.29 is 14.5 Å². The average molecular weight is 387 g/mol. The molecule has 0 saturated heterocycles. The first-order valence-corrected chi connectivity index (χ1v) is 8.91. The van der Waals surface area contributed by atoms with E-state index in [1.54, 1.807) is 43.3 Å². The second-order valence-electron chi connectivity index (χ2n) is 5.92. The van der Waals surface area contributed by atoms with Crippen LogP contribution in [0.15, 0.2) is 42.5 Å². The summed E-state index contributed by atoms with van der Waals surface area (Å²) in [5.41, 5.74) is 1.24. The maximum absolute atomic E-state index is 12.4. The first-order chi connectivity index (χ1) is 12.9. The number of amides is 1. The summed E-state index contributed by atoms with van der Waals surface area (Å²) >= 11 is 5.11. The molecule has 2 aromatic rings. The highest BCUT2D eigenvalue weighted by molar-refractivity contribution is 7.80. The van der Waals surface area contributed by atoms with Crippen LogP contribution in [0.25, 0.3) is 0 Å². The van der Waals surface area contributed by atoms with E-state index < -0.39 is 10.8 Å². The van der Waals surface area contributed by atoms with Crippen molar-refractivity contribution in [2.24, 2.45) is 0 Å². The Bertz CT molecular complexity index is 855. The minimum absolute atomic E-state index is 0.0238. The molecule has 2 N–H and O–H groups in total. The molecule has 2 rings (SSSR count). The third-order valence-corrected chi connectivity index (χ3v) is 3.89. The van der Waals surface area contributed by atoms with E-state index in [2.05, 4.69) is 17.6 Å².